The molecular formula is C20H25FN2O5. The molecule has 1 aromatic rings. The van der Waals surface area contributed by atoms with E-state index >= 15 is 0 Å². The van der Waals surface area contributed by atoms with Crippen molar-refractivity contribution < 1.29 is 28.2 Å². The number of rotatable bonds is 3. The minimum atomic E-state index is -0.822. The van der Waals surface area contributed by atoms with E-state index < -0.39 is 23.3 Å². The largest absolute Gasteiger partial charge is 0.459 e. The summed E-state index contributed by atoms with van der Waals surface area (Å²) >= 11 is 0. The summed E-state index contributed by atoms with van der Waals surface area (Å²) in [6.07, 6.45) is 1.91. The van der Waals surface area contributed by atoms with Crippen molar-refractivity contribution >= 4 is 18.0 Å². The predicted molar refractivity (Wildman–Crippen MR) is 98.2 cm³/mol. The summed E-state index contributed by atoms with van der Waals surface area (Å²) in [4.78, 5) is 37.9. The highest BCUT2D eigenvalue weighted by atomic mass is 19.1. The number of hydrogen-bond donors (Lipinski definition) is 1. The average Bonchev–Trinajstić information content (AvgIpc) is 2.84. The molecule has 2 saturated heterocycles. The van der Waals surface area contributed by atoms with Crippen molar-refractivity contribution in [3.05, 3.63) is 35.1 Å². The zero-order valence-electron chi connectivity index (χ0n) is 16.2. The van der Waals surface area contributed by atoms with Crippen molar-refractivity contribution in [1.82, 2.24) is 4.90 Å². The standard InChI is InChI=1S/C20H25FN2O5/c1-20(2,3)28-19(26)23-14-4-5-15(23)10-16(9-14)27-18(25)12-6-11(17(22)24)7-13(21)8-12/h6-8,14-16H,4-5,9-10H2,1-3H3,(H2,22,24)/t14-,15+,16?. The smallest absolute Gasteiger partial charge is 0.410 e. The molecule has 2 aliphatic rings. The number of esters is 1. The molecule has 2 heterocycles. The van der Waals surface area contributed by atoms with Crippen LogP contribution in [0.25, 0.3) is 0 Å². The Bertz CT molecular complexity index is 790. The number of hydrogen-bond acceptors (Lipinski definition) is 5. The van der Waals surface area contributed by atoms with Crippen molar-refractivity contribution in [2.24, 2.45) is 5.73 Å². The lowest BCUT2D eigenvalue weighted by Crippen LogP contribution is -2.50. The van der Waals surface area contributed by atoms with Crippen LogP contribution in [0.2, 0.25) is 0 Å². The molecule has 2 amide bonds. The first-order chi connectivity index (χ1) is 13.0. The third kappa shape index (κ3) is 4.43. The van der Waals surface area contributed by atoms with E-state index in [0.717, 1.165) is 25.0 Å². The minimum absolute atomic E-state index is 0.0555. The van der Waals surface area contributed by atoms with Gasteiger partial charge >= 0.3 is 12.1 Å². The summed E-state index contributed by atoms with van der Waals surface area (Å²) in [6, 6.07) is 3.09. The molecule has 2 bridgehead atoms. The summed E-state index contributed by atoms with van der Waals surface area (Å²) in [5.41, 5.74) is 4.44. The van der Waals surface area contributed by atoms with Crippen molar-refractivity contribution in [3.63, 3.8) is 0 Å². The lowest BCUT2D eigenvalue weighted by molar-refractivity contribution is -0.0226. The number of benzene rings is 1. The third-order valence-electron chi connectivity index (χ3n) is 4.99. The van der Waals surface area contributed by atoms with Gasteiger partial charge in [-0.05, 0) is 51.8 Å². The first kappa shape index (κ1) is 20.1. The molecule has 1 aromatic carbocycles. The number of ether oxygens (including phenoxy) is 2. The lowest BCUT2D eigenvalue weighted by atomic mass is 10.00. The molecule has 0 saturated carbocycles. The Morgan fingerprint density at radius 1 is 1.07 bits per heavy atom. The number of carbonyl (C=O) groups is 3. The van der Waals surface area contributed by atoms with Crippen LogP contribution < -0.4 is 5.73 Å². The normalized spacial score (nSPS) is 24.0. The summed E-state index contributed by atoms with van der Waals surface area (Å²) < 4.78 is 24.7. The molecule has 2 N–H and O–H groups in total. The van der Waals surface area contributed by atoms with Crippen LogP contribution in [0.4, 0.5) is 9.18 Å². The number of carbonyl (C=O) groups excluding carboxylic acids is 3. The van der Waals surface area contributed by atoms with Crippen molar-refractivity contribution in [2.75, 3.05) is 0 Å². The molecule has 0 aromatic heterocycles. The van der Waals surface area contributed by atoms with Gasteiger partial charge in [-0.25, -0.2) is 14.0 Å². The van der Waals surface area contributed by atoms with E-state index in [1.807, 2.05) is 20.8 Å². The van der Waals surface area contributed by atoms with E-state index in [0.29, 0.717) is 12.8 Å². The fourth-order valence-electron chi connectivity index (χ4n) is 3.91. The molecule has 7 nitrogen and oxygen atoms in total. The van der Waals surface area contributed by atoms with Gasteiger partial charge in [-0.3, -0.25) is 4.79 Å². The van der Waals surface area contributed by atoms with E-state index in [9.17, 15) is 18.8 Å². The molecule has 3 rings (SSSR count). The third-order valence-corrected chi connectivity index (χ3v) is 4.99. The van der Waals surface area contributed by atoms with Crippen molar-refractivity contribution in [2.45, 2.75) is 70.2 Å². The number of nitrogens with two attached hydrogens (primary N) is 1. The predicted octanol–water partition coefficient (Wildman–Crippen LogP) is 3.01. The molecule has 3 atom stereocenters. The summed E-state index contributed by atoms with van der Waals surface area (Å²) in [5, 5.41) is 0. The maximum absolute atomic E-state index is 13.7. The average molecular weight is 392 g/mol. The number of piperidine rings is 1. The number of fused-ring (bicyclic) bond motifs is 2. The fraction of sp³-hybridized carbons (Fsp3) is 0.550. The summed E-state index contributed by atoms with van der Waals surface area (Å²) in [7, 11) is 0. The lowest BCUT2D eigenvalue weighted by Gasteiger charge is -2.39. The Balaban J connectivity index is 1.66. The molecule has 0 radical (unpaired) electrons. The first-order valence-electron chi connectivity index (χ1n) is 9.36. The number of amides is 2. The van der Waals surface area contributed by atoms with Crippen LogP contribution in [0.5, 0.6) is 0 Å². The van der Waals surface area contributed by atoms with Gasteiger partial charge in [-0.15, -0.1) is 0 Å². The van der Waals surface area contributed by atoms with E-state index in [1.54, 1.807) is 4.90 Å². The van der Waals surface area contributed by atoms with E-state index in [-0.39, 0.29) is 35.4 Å². The van der Waals surface area contributed by atoms with Gasteiger partial charge in [0.25, 0.3) is 0 Å². The van der Waals surface area contributed by atoms with Crippen LogP contribution in [-0.4, -0.2) is 46.7 Å². The van der Waals surface area contributed by atoms with Gasteiger partial charge in [-0.1, -0.05) is 0 Å². The van der Waals surface area contributed by atoms with Gasteiger partial charge in [0.2, 0.25) is 5.91 Å². The molecule has 0 spiro atoms. The Hall–Kier alpha value is -2.64. The minimum Gasteiger partial charge on any atom is -0.459 e. The summed E-state index contributed by atoms with van der Waals surface area (Å²) in [6.45, 7) is 5.46. The van der Waals surface area contributed by atoms with Gasteiger partial charge in [0.1, 0.15) is 17.5 Å². The van der Waals surface area contributed by atoms with Gasteiger partial charge in [0.05, 0.1) is 5.56 Å². The molecule has 1 unspecified atom stereocenters. The maximum Gasteiger partial charge on any atom is 0.410 e. The van der Waals surface area contributed by atoms with Gasteiger partial charge < -0.3 is 20.1 Å². The molecular weight excluding hydrogens is 367 g/mol. The Kier molecular flexibility index (Phi) is 5.32. The highest BCUT2D eigenvalue weighted by Crippen LogP contribution is 2.38. The molecule has 2 aliphatic heterocycles. The zero-order valence-corrected chi connectivity index (χ0v) is 16.2. The second-order valence-corrected chi connectivity index (χ2v) is 8.36. The molecule has 28 heavy (non-hydrogen) atoms. The Labute approximate surface area is 163 Å². The fourth-order valence-corrected chi connectivity index (χ4v) is 3.91. The Morgan fingerprint density at radius 3 is 2.18 bits per heavy atom. The topological polar surface area (TPSA) is 98.9 Å². The van der Waals surface area contributed by atoms with E-state index in [2.05, 4.69) is 0 Å². The van der Waals surface area contributed by atoms with E-state index in [4.69, 9.17) is 15.2 Å². The van der Waals surface area contributed by atoms with Gasteiger partial charge in [0.15, 0.2) is 0 Å². The Morgan fingerprint density at radius 2 is 1.64 bits per heavy atom. The highest BCUT2D eigenvalue weighted by Gasteiger charge is 2.46. The monoisotopic (exact) mass is 392 g/mol. The maximum atomic E-state index is 13.7. The van der Waals surface area contributed by atoms with Gasteiger partial charge in [0, 0.05) is 30.5 Å². The molecule has 8 heteroatoms. The van der Waals surface area contributed by atoms with Crippen LogP contribution >= 0.6 is 0 Å². The summed E-state index contributed by atoms with van der Waals surface area (Å²) in [5.74, 6) is -2.27. The number of halogens is 1. The molecule has 2 fully saturated rings. The highest BCUT2D eigenvalue weighted by molar-refractivity contribution is 5.97. The SMILES string of the molecule is CC(C)(C)OC(=O)N1[C@@H]2CC[C@H]1CC(OC(=O)c1cc(F)cc(C(N)=O)c1)C2. The van der Waals surface area contributed by atoms with Crippen LogP contribution in [0.3, 0.4) is 0 Å². The van der Waals surface area contributed by atoms with Gasteiger partial charge in [-0.2, -0.15) is 0 Å². The zero-order chi connectivity index (χ0) is 20.6. The van der Waals surface area contributed by atoms with Crippen LogP contribution in [0.1, 0.15) is 67.2 Å². The van der Waals surface area contributed by atoms with Crippen LogP contribution in [-0.2, 0) is 9.47 Å². The van der Waals surface area contributed by atoms with Crippen LogP contribution in [0.15, 0.2) is 18.2 Å². The first-order valence-corrected chi connectivity index (χ1v) is 9.36. The second-order valence-electron chi connectivity index (χ2n) is 8.36. The second kappa shape index (κ2) is 7.41. The van der Waals surface area contributed by atoms with Crippen molar-refractivity contribution in [1.29, 1.82) is 0 Å². The molecule has 0 aliphatic carbocycles. The number of primary amides is 1. The van der Waals surface area contributed by atoms with E-state index in [1.165, 1.54) is 6.07 Å². The van der Waals surface area contributed by atoms with Crippen LogP contribution in [0, 0.1) is 5.82 Å². The number of nitrogens with zero attached hydrogens (tertiary/aromatic N) is 1. The quantitative estimate of drug-likeness (QED) is 0.797. The van der Waals surface area contributed by atoms with Crippen molar-refractivity contribution in [3.8, 4) is 0 Å². The molecule has 152 valence electrons.